The number of nitrogens with two attached hydrogens (primary N) is 1. The Bertz CT molecular complexity index is 831. The molecular weight excluding hydrogens is 287 g/mol. The summed E-state index contributed by atoms with van der Waals surface area (Å²) in [6.45, 7) is 0.818. The molecule has 3 aromatic rings. The normalized spacial score (nSPS) is 10.8. The third kappa shape index (κ3) is 2.71. The molecule has 0 fully saturated rings. The van der Waals surface area contributed by atoms with E-state index in [-0.39, 0.29) is 11.5 Å². The molecule has 22 heavy (non-hydrogen) atoms. The zero-order valence-corrected chi connectivity index (χ0v) is 11.5. The monoisotopic (exact) mass is 300 g/mol. The highest BCUT2D eigenvalue weighted by Gasteiger charge is 2.09. The topological polar surface area (TPSA) is 98.7 Å². The minimum atomic E-state index is -0.444. The summed E-state index contributed by atoms with van der Waals surface area (Å²) in [6.07, 6.45) is 2.95. The van der Waals surface area contributed by atoms with Crippen LogP contribution in [0.15, 0.2) is 36.9 Å². The zero-order chi connectivity index (χ0) is 15.5. The van der Waals surface area contributed by atoms with Crippen LogP contribution in [-0.4, -0.2) is 32.0 Å². The van der Waals surface area contributed by atoms with Crippen molar-refractivity contribution in [2.24, 2.45) is 0 Å². The lowest BCUT2D eigenvalue weighted by atomic mass is 10.2. The summed E-state index contributed by atoms with van der Waals surface area (Å²) in [7, 11) is 0. The molecule has 112 valence electrons. The molecule has 0 bridgehead atoms. The lowest BCUT2D eigenvalue weighted by Crippen LogP contribution is -2.27. The standard InChI is InChI=1S/C14H13FN6O/c15-10-3-1-2-9(6-10)14(22)17-4-5-21-8-20-11-12(16)18-7-19-13(11)21/h1-3,6-8H,4-5H2,(H,17,22)(H2,16,18,19). The second-order valence-electron chi connectivity index (χ2n) is 4.64. The Morgan fingerprint density at radius 3 is 3.00 bits per heavy atom. The molecule has 8 heteroatoms. The molecule has 2 aromatic heterocycles. The molecule has 0 unspecified atom stereocenters. The van der Waals surface area contributed by atoms with E-state index in [9.17, 15) is 9.18 Å². The number of imidazole rings is 1. The van der Waals surface area contributed by atoms with Gasteiger partial charge in [0.15, 0.2) is 11.5 Å². The number of hydrogen-bond acceptors (Lipinski definition) is 5. The molecule has 0 saturated carbocycles. The number of halogens is 1. The van der Waals surface area contributed by atoms with Crippen LogP contribution in [0, 0.1) is 5.82 Å². The minimum absolute atomic E-state index is 0.280. The molecule has 0 atom stereocenters. The highest BCUT2D eigenvalue weighted by Crippen LogP contribution is 2.13. The SMILES string of the molecule is Nc1ncnc2c1ncn2CCNC(=O)c1cccc(F)c1. The van der Waals surface area contributed by atoms with Gasteiger partial charge in [-0.3, -0.25) is 4.79 Å². The Hall–Kier alpha value is -3.03. The maximum Gasteiger partial charge on any atom is 0.251 e. The molecule has 3 rings (SSSR count). The molecule has 0 aliphatic carbocycles. The number of nitrogens with zero attached hydrogens (tertiary/aromatic N) is 4. The van der Waals surface area contributed by atoms with E-state index in [1.807, 2.05) is 0 Å². The quantitative estimate of drug-likeness (QED) is 0.748. The van der Waals surface area contributed by atoms with Gasteiger partial charge in [0.25, 0.3) is 5.91 Å². The van der Waals surface area contributed by atoms with Crippen LogP contribution in [0.3, 0.4) is 0 Å². The Kier molecular flexibility index (Phi) is 3.65. The van der Waals surface area contributed by atoms with Gasteiger partial charge >= 0.3 is 0 Å². The molecule has 7 nitrogen and oxygen atoms in total. The van der Waals surface area contributed by atoms with Gasteiger partial charge in [0.1, 0.15) is 17.7 Å². The van der Waals surface area contributed by atoms with Gasteiger partial charge in [-0.25, -0.2) is 19.3 Å². The average Bonchev–Trinajstić information content (AvgIpc) is 2.92. The van der Waals surface area contributed by atoms with Gasteiger partial charge in [0, 0.05) is 18.7 Å². The van der Waals surface area contributed by atoms with Crippen molar-refractivity contribution in [1.82, 2.24) is 24.8 Å². The number of anilines is 1. The summed E-state index contributed by atoms with van der Waals surface area (Å²) in [6, 6.07) is 5.53. The van der Waals surface area contributed by atoms with Crippen molar-refractivity contribution < 1.29 is 9.18 Å². The number of amides is 1. The van der Waals surface area contributed by atoms with Crippen LogP contribution < -0.4 is 11.1 Å². The fraction of sp³-hybridized carbons (Fsp3) is 0.143. The second-order valence-corrected chi connectivity index (χ2v) is 4.64. The number of benzene rings is 1. The second kappa shape index (κ2) is 5.76. The molecule has 1 amide bonds. The Balaban J connectivity index is 1.65. The lowest BCUT2D eigenvalue weighted by molar-refractivity contribution is 0.0952. The number of hydrogen-bond donors (Lipinski definition) is 2. The number of carbonyl (C=O) groups excluding carboxylic acids is 1. The molecule has 0 aliphatic heterocycles. The van der Waals surface area contributed by atoms with Crippen LogP contribution in [0.1, 0.15) is 10.4 Å². The number of rotatable bonds is 4. The van der Waals surface area contributed by atoms with Gasteiger partial charge in [-0.2, -0.15) is 0 Å². The van der Waals surface area contributed by atoms with Gasteiger partial charge in [-0.05, 0) is 18.2 Å². The van der Waals surface area contributed by atoms with Gasteiger partial charge in [-0.1, -0.05) is 6.07 Å². The summed E-state index contributed by atoms with van der Waals surface area (Å²) in [4.78, 5) is 24.0. The van der Waals surface area contributed by atoms with Crippen molar-refractivity contribution in [3.8, 4) is 0 Å². The molecule has 0 spiro atoms. The number of nitrogen functional groups attached to an aromatic ring is 1. The van der Waals surface area contributed by atoms with Gasteiger partial charge < -0.3 is 15.6 Å². The Labute approximate surface area is 125 Å². The highest BCUT2D eigenvalue weighted by atomic mass is 19.1. The van der Waals surface area contributed by atoms with E-state index >= 15 is 0 Å². The summed E-state index contributed by atoms with van der Waals surface area (Å²) in [5, 5.41) is 2.71. The molecule has 2 heterocycles. The number of nitrogens with one attached hydrogen (secondary N) is 1. The first kappa shape index (κ1) is 13.9. The van der Waals surface area contributed by atoms with Crippen LogP contribution in [-0.2, 0) is 6.54 Å². The third-order valence-corrected chi connectivity index (χ3v) is 3.15. The summed E-state index contributed by atoms with van der Waals surface area (Å²) in [5.74, 6) is -0.467. The smallest absolute Gasteiger partial charge is 0.251 e. The van der Waals surface area contributed by atoms with E-state index < -0.39 is 5.82 Å². The highest BCUT2D eigenvalue weighted by molar-refractivity contribution is 5.94. The van der Waals surface area contributed by atoms with Gasteiger partial charge in [0.05, 0.1) is 6.33 Å². The fourth-order valence-corrected chi connectivity index (χ4v) is 2.08. The van der Waals surface area contributed by atoms with Gasteiger partial charge in [0.2, 0.25) is 0 Å². The molecule has 0 saturated heterocycles. The fourth-order valence-electron chi connectivity index (χ4n) is 2.08. The summed E-state index contributed by atoms with van der Waals surface area (Å²) >= 11 is 0. The molecule has 0 radical (unpaired) electrons. The predicted octanol–water partition coefficient (Wildman–Crippen LogP) is 0.978. The first-order valence-corrected chi connectivity index (χ1v) is 6.60. The van der Waals surface area contributed by atoms with E-state index in [2.05, 4.69) is 20.3 Å². The number of fused-ring (bicyclic) bond motifs is 1. The molecule has 1 aromatic carbocycles. The van der Waals surface area contributed by atoms with E-state index in [1.54, 1.807) is 17.0 Å². The first-order chi connectivity index (χ1) is 10.6. The Morgan fingerprint density at radius 1 is 1.32 bits per heavy atom. The van der Waals surface area contributed by atoms with Crippen molar-refractivity contribution in [3.05, 3.63) is 48.3 Å². The van der Waals surface area contributed by atoms with Crippen molar-refractivity contribution in [2.45, 2.75) is 6.54 Å². The lowest BCUT2D eigenvalue weighted by Gasteiger charge is -2.06. The van der Waals surface area contributed by atoms with E-state index in [0.29, 0.717) is 30.1 Å². The third-order valence-electron chi connectivity index (χ3n) is 3.15. The first-order valence-electron chi connectivity index (χ1n) is 6.60. The van der Waals surface area contributed by atoms with Crippen molar-refractivity contribution in [1.29, 1.82) is 0 Å². The van der Waals surface area contributed by atoms with Crippen molar-refractivity contribution >= 4 is 22.9 Å². The van der Waals surface area contributed by atoms with Crippen molar-refractivity contribution in [3.63, 3.8) is 0 Å². The summed E-state index contributed by atoms with van der Waals surface area (Å²) < 4.78 is 14.8. The maximum absolute atomic E-state index is 13.1. The average molecular weight is 300 g/mol. The van der Waals surface area contributed by atoms with Crippen LogP contribution >= 0.6 is 0 Å². The van der Waals surface area contributed by atoms with Crippen LogP contribution in [0.4, 0.5) is 10.2 Å². The van der Waals surface area contributed by atoms with Crippen LogP contribution in [0.5, 0.6) is 0 Å². The van der Waals surface area contributed by atoms with E-state index in [4.69, 9.17) is 5.73 Å². The van der Waals surface area contributed by atoms with Crippen LogP contribution in [0.2, 0.25) is 0 Å². The van der Waals surface area contributed by atoms with Crippen molar-refractivity contribution in [2.75, 3.05) is 12.3 Å². The van der Waals surface area contributed by atoms with Crippen LogP contribution in [0.25, 0.3) is 11.2 Å². The predicted molar refractivity (Wildman–Crippen MR) is 78.5 cm³/mol. The Morgan fingerprint density at radius 2 is 2.18 bits per heavy atom. The van der Waals surface area contributed by atoms with E-state index in [1.165, 1.54) is 24.5 Å². The van der Waals surface area contributed by atoms with Gasteiger partial charge in [-0.15, -0.1) is 0 Å². The summed E-state index contributed by atoms with van der Waals surface area (Å²) in [5.41, 5.74) is 7.12. The number of aromatic nitrogens is 4. The number of carbonyl (C=O) groups is 1. The molecular formula is C14H13FN6O. The largest absolute Gasteiger partial charge is 0.382 e. The molecule has 3 N–H and O–H groups in total. The zero-order valence-electron chi connectivity index (χ0n) is 11.5. The maximum atomic E-state index is 13.1. The van der Waals surface area contributed by atoms with E-state index in [0.717, 1.165) is 0 Å². The minimum Gasteiger partial charge on any atom is -0.382 e. The molecule has 0 aliphatic rings.